The summed E-state index contributed by atoms with van der Waals surface area (Å²) in [7, 11) is 0. The van der Waals surface area contributed by atoms with Crippen LogP contribution in [0.25, 0.3) is 0 Å². The minimum Gasteiger partial charge on any atom is -0.372 e. The van der Waals surface area contributed by atoms with Crippen LogP contribution in [0.4, 0.5) is 0 Å². The molecule has 2 nitrogen and oxygen atoms in total. The largest absolute Gasteiger partial charge is 0.372 e. The first-order valence-electron chi connectivity index (χ1n) is 10.8. The smallest absolute Gasteiger partial charge is 0.102 e. The van der Waals surface area contributed by atoms with Crippen molar-refractivity contribution in [2.45, 2.75) is 116 Å². The Hall–Kier alpha value is 0.400. The SMILES string of the molecule is CCCCC1(CCCC)OCCC(C)(C)C1(CCCC)OCCCBr. The van der Waals surface area contributed by atoms with Gasteiger partial charge in [0.1, 0.15) is 5.60 Å². The maximum atomic E-state index is 6.88. The number of hydrogen-bond acceptors (Lipinski definition) is 2. The maximum absolute atomic E-state index is 6.88. The molecule has 0 saturated carbocycles. The highest BCUT2D eigenvalue weighted by Crippen LogP contribution is 2.56. The van der Waals surface area contributed by atoms with Gasteiger partial charge in [0.15, 0.2) is 0 Å². The van der Waals surface area contributed by atoms with Crippen LogP contribution >= 0.6 is 15.9 Å². The molecule has 150 valence electrons. The summed E-state index contributed by atoms with van der Waals surface area (Å²) in [4.78, 5) is 0. The lowest BCUT2D eigenvalue weighted by molar-refractivity contribution is -0.296. The van der Waals surface area contributed by atoms with Crippen LogP contribution in [0.1, 0.15) is 105 Å². The van der Waals surface area contributed by atoms with E-state index in [2.05, 4.69) is 50.5 Å². The molecule has 1 aliphatic rings. The lowest BCUT2D eigenvalue weighted by atomic mass is 9.57. The summed E-state index contributed by atoms with van der Waals surface area (Å²) in [5.74, 6) is 0. The first-order valence-corrected chi connectivity index (χ1v) is 11.9. The third-order valence-electron chi connectivity index (χ3n) is 6.31. The van der Waals surface area contributed by atoms with Crippen LogP contribution in [0, 0.1) is 5.41 Å². The zero-order valence-corrected chi connectivity index (χ0v) is 19.2. The summed E-state index contributed by atoms with van der Waals surface area (Å²) >= 11 is 3.57. The van der Waals surface area contributed by atoms with E-state index in [9.17, 15) is 0 Å². The molecule has 0 aliphatic carbocycles. The fourth-order valence-electron chi connectivity index (χ4n) is 4.73. The van der Waals surface area contributed by atoms with Crippen molar-refractivity contribution < 1.29 is 9.47 Å². The fraction of sp³-hybridized carbons (Fsp3) is 1.00. The third kappa shape index (κ3) is 5.45. The summed E-state index contributed by atoms with van der Waals surface area (Å²) < 4.78 is 13.6. The first-order chi connectivity index (χ1) is 11.9. The standard InChI is InChI=1S/C22H43BrO2/c1-6-9-13-21(14-10-7-2)22(15-11-8-3,25-18-12-17-23)20(4,5)16-19-24-21/h6-19H2,1-5H3. The summed E-state index contributed by atoms with van der Waals surface area (Å²) in [6.07, 6.45) is 12.9. The van der Waals surface area contributed by atoms with Crippen LogP contribution in [0.3, 0.4) is 0 Å². The van der Waals surface area contributed by atoms with E-state index < -0.39 is 0 Å². The molecule has 0 aromatic rings. The highest BCUT2D eigenvalue weighted by molar-refractivity contribution is 9.09. The second-order valence-electron chi connectivity index (χ2n) is 8.51. The van der Waals surface area contributed by atoms with E-state index in [1.807, 2.05) is 0 Å². The molecule has 1 saturated heterocycles. The number of ether oxygens (including phenoxy) is 2. The van der Waals surface area contributed by atoms with Gasteiger partial charge in [-0.3, -0.25) is 0 Å². The lowest BCUT2D eigenvalue weighted by Crippen LogP contribution is -2.68. The van der Waals surface area contributed by atoms with Gasteiger partial charge in [0.05, 0.1) is 5.60 Å². The second-order valence-corrected chi connectivity index (χ2v) is 9.30. The number of rotatable bonds is 13. The average molecular weight is 419 g/mol. The Bertz CT molecular complexity index is 348. The predicted molar refractivity (Wildman–Crippen MR) is 113 cm³/mol. The summed E-state index contributed by atoms with van der Waals surface area (Å²) in [5, 5.41) is 1.01. The number of halogens is 1. The molecule has 1 rings (SSSR count). The summed E-state index contributed by atoms with van der Waals surface area (Å²) in [5.41, 5.74) is -0.1000. The van der Waals surface area contributed by atoms with Crippen LogP contribution in [0.2, 0.25) is 0 Å². The van der Waals surface area contributed by atoms with Crippen molar-refractivity contribution in [2.75, 3.05) is 18.5 Å². The van der Waals surface area contributed by atoms with Crippen molar-refractivity contribution >= 4 is 15.9 Å². The molecule has 0 aromatic carbocycles. The van der Waals surface area contributed by atoms with Crippen molar-refractivity contribution in [1.29, 1.82) is 0 Å². The predicted octanol–water partition coefficient (Wildman–Crippen LogP) is 7.28. The van der Waals surface area contributed by atoms with E-state index in [1.54, 1.807) is 0 Å². The van der Waals surface area contributed by atoms with Crippen LogP contribution in [-0.2, 0) is 9.47 Å². The molecule has 1 fully saturated rings. The van der Waals surface area contributed by atoms with Gasteiger partial charge in [-0.25, -0.2) is 0 Å². The Labute approximate surface area is 165 Å². The van der Waals surface area contributed by atoms with Crippen LogP contribution in [0.5, 0.6) is 0 Å². The molecule has 0 N–H and O–H groups in total. The molecular formula is C22H43BrO2. The fourth-order valence-corrected chi connectivity index (χ4v) is 4.96. The van der Waals surface area contributed by atoms with Gasteiger partial charge in [0.25, 0.3) is 0 Å². The Balaban J connectivity index is 3.29. The lowest BCUT2D eigenvalue weighted by Gasteiger charge is -2.61. The quantitative estimate of drug-likeness (QED) is 0.231. The minimum atomic E-state index is -0.152. The van der Waals surface area contributed by atoms with Gasteiger partial charge in [-0.1, -0.05) is 89.1 Å². The average Bonchev–Trinajstić information content (AvgIpc) is 2.59. The molecule has 0 radical (unpaired) electrons. The molecular weight excluding hydrogens is 376 g/mol. The van der Waals surface area contributed by atoms with E-state index in [4.69, 9.17) is 9.47 Å². The van der Waals surface area contributed by atoms with Gasteiger partial charge in [-0.2, -0.15) is 0 Å². The monoisotopic (exact) mass is 418 g/mol. The Morgan fingerprint density at radius 2 is 1.44 bits per heavy atom. The maximum Gasteiger partial charge on any atom is 0.102 e. The van der Waals surface area contributed by atoms with Crippen LogP contribution in [-0.4, -0.2) is 29.7 Å². The molecule has 0 spiro atoms. The van der Waals surface area contributed by atoms with Crippen molar-refractivity contribution in [3.8, 4) is 0 Å². The van der Waals surface area contributed by atoms with Crippen LogP contribution in [0.15, 0.2) is 0 Å². The molecule has 1 unspecified atom stereocenters. The highest BCUT2D eigenvalue weighted by Gasteiger charge is 2.62. The molecule has 0 bridgehead atoms. The topological polar surface area (TPSA) is 18.5 Å². The number of alkyl halides is 1. The van der Waals surface area contributed by atoms with E-state index in [-0.39, 0.29) is 16.6 Å². The van der Waals surface area contributed by atoms with Crippen molar-refractivity contribution in [3.05, 3.63) is 0 Å². The first kappa shape index (κ1) is 23.4. The van der Waals surface area contributed by atoms with E-state index in [0.717, 1.165) is 50.6 Å². The van der Waals surface area contributed by atoms with Gasteiger partial charge >= 0.3 is 0 Å². The third-order valence-corrected chi connectivity index (χ3v) is 6.87. The Morgan fingerprint density at radius 3 is 1.96 bits per heavy atom. The zero-order valence-electron chi connectivity index (χ0n) is 17.6. The molecule has 3 heteroatoms. The molecule has 25 heavy (non-hydrogen) atoms. The molecule has 1 heterocycles. The molecule has 0 amide bonds. The van der Waals surface area contributed by atoms with Crippen LogP contribution < -0.4 is 0 Å². The normalized spacial score (nSPS) is 25.2. The highest BCUT2D eigenvalue weighted by atomic mass is 79.9. The van der Waals surface area contributed by atoms with E-state index in [1.165, 1.54) is 38.5 Å². The minimum absolute atomic E-state index is 0.109. The van der Waals surface area contributed by atoms with Crippen molar-refractivity contribution in [3.63, 3.8) is 0 Å². The number of hydrogen-bond donors (Lipinski definition) is 0. The van der Waals surface area contributed by atoms with E-state index in [0.29, 0.717) is 0 Å². The Kier molecular flexibility index (Phi) is 10.6. The number of unbranched alkanes of at least 4 members (excludes halogenated alkanes) is 3. The van der Waals surface area contributed by atoms with Crippen molar-refractivity contribution in [1.82, 2.24) is 0 Å². The van der Waals surface area contributed by atoms with E-state index >= 15 is 0 Å². The van der Waals surface area contributed by atoms with Gasteiger partial charge in [-0.05, 0) is 37.5 Å². The molecule has 1 aliphatic heterocycles. The Morgan fingerprint density at radius 1 is 0.880 bits per heavy atom. The van der Waals surface area contributed by atoms with Gasteiger partial charge < -0.3 is 9.47 Å². The second kappa shape index (κ2) is 11.3. The van der Waals surface area contributed by atoms with Crippen molar-refractivity contribution in [2.24, 2.45) is 5.41 Å². The van der Waals surface area contributed by atoms with Gasteiger partial charge in [0, 0.05) is 18.5 Å². The van der Waals surface area contributed by atoms with Gasteiger partial charge in [0.2, 0.25) is 0 Å². The molecule has 0 aromatic heterocycles. The van der Waals surface area contributed by atoms with Gasteiger partial charge in [-0.15, -0.1) is 0 Å². The summed E-state index contributed by atoms with van der Waals surface area (Å²) in [6.45, 7) is 13.5. The molecule has 1 atom stereocenters. The summed E-state index contributed by atoms with van der Waals surface area (Å²) in [6, 6.07) is 0. The zero-order chi connectivity index (χ0) is 18.8.